The zero-order chi connectivity index (χ0) is 8.48. The van der Waals surface area contributed by atoms with Crippen molar-refractivity contribution in [3.05, 3.63) is 24.0 Å². The molecule has 1 aromatic rings. The molecule has 0 aromatic carbocycles. The summed E-state index contributed by atoms with van der Waals surface area (Å²) in [6, 6.07) is 1.36. The van der Waals surface area contributed by atoms with Crippen molar-refractivity contribution in [2.45, 2.75) is 5.44 Å². The number of rotatable bonds is 2. The van der Waals surface area contributed by atoms with Gasteiger partial charge in [-0.3, -0.25) is 4.55 Å². The van der Waals surface area contributed by atoms with Gasteiger partial charge in [0.2, 0.25) is 5.44 Å². The van der Waals surface area contributed by atoms with Gasteiger partial charge in [0.25, 0.3) is 10.1 Å². The highest BCUT2D eigenvalue weighted by Gasteiger charge is 2.21. The Morgan fingerprint density at radius 1 is 1.55 bits per heavy atom. The van der Waals surface area contributed by atoms with Crippen LogP contribution >= 0.6 is 0 Å². The van der Waals surface area contributed by atoms with Gasteiger partial charge < -0.3 is 10.1 Å². The van der Waals surface area contributed by atoms with Crippen LogP contribution < -0.4 is 0 Å². The lowest BCUT2D eigenvalue weighted by Crippen LogP contribution is -2.10. The van der Waals surface area contributed by atoms with Crippen LogP contribution in [0.15, 0.2) is 18.5 Å². The van der Waals surface area contributed by atoms with Crippen LogP contribution in [0.25, 0.3) is 0 Å². The van der Waals surface area contributed by atoms with Crippen molar-refractivity contribution in [1.82, 2.24) is 4.98 Å². The quantitative estimate of drug-likeness (QED) is 0.550. The Hall–Kier alpha value is -0.850. The summed E-state index contributed by atoms with van der Waals surface area (Å²) in [6.07, 6.45) is 2.74. The Bertz CT molecular complexity index is 314. The molecule has 5 nitrogen and oxygen atoms in total. The Labute approximate surface area is 63.4 Å². The fourth-order valence-electron chi connectivity index (χ4n) is 0.662. The number of nitrogens with one attached hydrogen (secondary N) is 1. The molecular formula is C5H7NO4S. The van der Waals surface area contributed by atoms with E-state index in [-0.39, 0.29) is 5.56 Å². The molecule has 1 unspecified atom stereocenters. The van der Waals surface area contributed by atoms with Gasteiger partial charge in [0.15, 0.2) is 0 Å². The SMILES string of the molecule is O=S(=O)(O)C(O)c1cc[nH]c1. The van der Waals surface area contributed by atoms with E-state index in [0.29, 0.717) is 0 Å². The van der Waals surface area contributed by atoms with Gasteiger partial charge in [0.05, 0.1) is 0 Å². The van der Waals surface area contributed by atoms with E-state index >= 15 is 0 Å². The molecule has 0 saturated carbocycles. The second-order valence-corrected chi connectivity index (χ2v) is 3.49. The molecule has 0 fully saturated rings. The number of aliphatic hydroxyl groups excluding tert-OH is 1. The third-order valence-corrected chi connectivity index (χ3v) is 2.03. The van der Waals surface area contributed by atoms with Gasteiger partial charge in [0, 0.05) is 18.0 Å². The van der Waals surface area contributed by atoms with E-state index in [1.165, 1.54) is 18.5 Å². The Kier molecular flexibility index (Phi) is 1.99. The molecule has 6 heteroatoms. The normalized spacial score (nSPS) is 14.7. The lowest BCUT2D eigenvalue weighted by molar-refractivity contribution is 0.238. The highest BCUT2D eigenvalue weighted by Crippen LogP contribution is 2.16. The van der Waals surface area contributed by atoms with Crippen LogP contribution in [-0.2, 0) is 10.1 Å². The first-order valence-corrected chi connectivity index (χ1v) is 4.29. The van der Waals surface area contributed by atoms with E-state index in [1.54, 1.807) is 0 Å². The molecule has 0 bridgehead atoms. The van der Waals surface area contributed by atoms with Crippen LogP contribution in [0.2, 0.25) is 0 Å². The second kappa shape index (κ2) is 2.65. The van der Waals surface area contributed by atoms with Crippen LogP contribution in [0.5, 0.6) is 0 Å². The Balaban J connectivity index is 2.97. The van der Waals surface area contributed by atoms with Crippen molar-refractivity contribution >= 4 is 10.1 Å². The minimum atomic E-state index is -4.39. The molecule has 0 radical (unpaired) electrons. The number of hydrogen-bond donors (Lipinski definition) is 3. The molecule has 1 atom stereocenters. The second-order valence-electron chi connectivity index (χ2n) is 2.01. The molecule has 62 valence electrons. The van der Waals surface area contributed by atoms with E-state index in [0.717, 1.165) is 0 Å². The van der Waals surface area contributed by atoms with Crippen LogP contribution in [0.3, 0.4) is 0 Å². The average Bonchev–Trinajstić information content (AvgIpc) is 2.34. The third-order valence-electron chi connectivity index (χ3n) is 1.19. The largest absolute Gasteiger partial charge is 0.371 e. The first-order chi connectivity index (χ1) is 5.02. The van der Waals surface area contributed by atoms with Gasteiger partial charge in [-0.15, -0.1) is 0 Å². The predicted molar refractivity (Wildman–Crippen MR) is 37.3 cm³/mol. The minimum Gasteiger partial charge on any atom is -0.371 e. The average molecular weight is 177 g/mol. The smallest absolute Gasteiger partial charge is 0.296 e. The summed E-state index contributed by atoms with van der Waals surface area (Å²) in [4.78, 5) is 2.55. The van der Waals surface area contributed by atoms with E-state index in [9.17, 15) is 8.42 Å². The highest BCUT2D eigenvalue weighted by atomic mass is 32.2. The fraction of sp³-hybridized carbons (Fsp3) is 0.200. The van der Waals surface area contributed by atoms with Crippen LogP contribution in [0.4, 0.5) is 0 Å². The summed E-state index contributed by atoms with van der Waals surface area (Å²) in [6.45, 7) is 0. The molecule has 0 aliphatic heterocycles. The van der Waals surface area contributed by atoms with Gasteiger partial charge in [-0.05, 0) is 6.07 Å². The molecule has 0 aliphatic rings. The van der Waals surface area contributed by atoms with Gasteiger partial charge in [-0.25, -0.2) is 0 Å². The van der Waals surface area contributed by atoms with Crippen molar-refractivity contribution in [2.75, 3.05) is 0 Å². The van der Waals surface area contributed by atoms with Crippen molar-refractivity contribution < 1.29 is 18.1 Å². The number of H-pyrrole nitrogens is 1. The molecule has 0 aliphatic carbocycles. The van der Waals surface area contributed by atoms with E-state index in [1.807, 2.05) is 0 Å². The molecule has 0 saturated heterocycles. The highest BCUT2D eigenvalue weighted by molar-refractivity contribution is 7.85. The number of aliphatic hydroxyl groups is 1. The maximum Gasteiger partial charge on any atom is 0.296 e. The first-order valence-electron chi connectivity index (χ1n) is 2.79. The Morgan fingerprint density at radius 3 is 2.55 bits per heavy atom. The lowest BCUT2D eigenvalue weighted by Gasteiger charge is -2.02. The van der Waals surface area contributed by atoms with E-state index in [4.69, 9.17) is 9.66 Å². The zero-order valence-electron chi connectivity index (χ0n) is 5.43. The van der Waals surface area contributed by atoms with Crippen LogP contribution in [0, 0.1) is 0 Å². The monoisotopic (exact) mass is 177 g/mol. The summed E-state index contributed by atoms with van der Waals surface area (Å²) < 4.78 is 29.0. The number of aromatic amines is 1. The van der Waals surface area contributed by atoms with Crippen molar-refractivity contribution in [1.29, 1.82) is 0 Å². The van der Waals surface area contributed by atoms with E-state index < -0.39 is 15.6 Å². The number of hydrogen-bond acceptors (Lipinski definition) is 3. The topological polar surface area (TPSA) is 90.4 Å². The van der Waals surface area contributed by atoms with Gasteiger partial charge in [0.1, 0.15) is 0 Å². The summed E-state index contributed by atoms with van der Waals surface area (Å²) in [5.41, 5.74) is -1.73. The first kappa shape index (κ1) is 8.25. The van der Waals surface area contributed by atoms with Crippen molar-refractivity contribution in [3.8, 4) is 0 Å². The molecular weight excluding hydrogens is 170 g/mol. The molecule has 0 spiro atoms. The van der Waals surface area contributed by atoms with Crippen molar-refractivity contribution in [2.24, 2.45) is 0 Å². The lowest BCUT2D eigenvalue weighted by atomic mass is 10.4. The molecule has 1 heterocycles. The van der Waals surface area contributed by atoms with Crippen LogP contribution in [0.1, 0.15) is 11.0 Å². The van der Waals surface area contributed by atoms with Crippen LogP contribution in [-0.4, -0.2) is 23.1 Å². The van der Waals surface area contributed by atoms with E-state index in [2.05, 4.69) is 4.98 Å². The minimum absolute atomic E-state index is 0.118. The summed E-state index contributed by atoms with van der Waals surface area (Å²) in [5, 5.41) is 8.89. The molecule has 11 heavy (non-hydrogen) atoms. The molecule has 0 amide bonds. The summed E-state index contributed by atoms with van der Waals surface area (Å²) in [5.74, 6) is 0. The zero-order valence-corrected chi connectivity index (χ0v) is 6.25. The standard InChI is InChI=1S/C5H7NO4S/c7-5(11(8,9)10)4-1-2-6-3-4/h1-3,5-7H,(H,8,9,10). The Morgan fingerprint density at radius 2 is 2.18 bits per heavy atom. The van der Waals surface area contributed by atoms with Gasteiger partial charge >= 0.3 is 0 Å². The maximum absolute atomic E-state index is 10.3. The molecule has 3 N–H and O–H groups in total. The van der Waals surface area contributed by atoms with Gasteiger partial charge in [-0.2, -0.15) is 8.42 Å². The van der Waals surface area contributed by atoms with Crippen molar-refractivity contribution in [3.63, 3.8) is 0 Å². The maximum atomic E-state index is 10.3. The van der Waals surface area contributed by atoms with Gasteiger partial charge in [-0.1, -0.05) is 0 Å². The third kappa shape index (κ3) is 1.79. The summed E-state index contributed by atoms with van der Waals surface area (Å²) >= 11 is 0. The fourth-order valence-corrected chi connectivity index (χ4v) is 1.15. The summed E-state index contributed by atoms with van der Waals surface area (Å²) in [7, 11) is -4.39. The molecule has 1 rings (SSSR count). The molecule has 1 aromatic heterocycles. The number of aromatic nitrogens is 1. The predicted octanol–water partition coefficient (Wildman–Crippen LogP) is -0.107.